The average Bonchev–Trinajstić information content (AvgIpc) is 3.25. The van der Waals surface area contributed by atoms with Gasteiger partial charge in [0.05, 0.1) is 5.02 Å². The van der Waals surface area contributed by atoms with Crippen LogP contribution in [0.2, 0.25) is 10.0 Å². The molecule has 0 unspecified atom stereocenters. The molecule has 0 bridgehead atoms. The third kappa shape index (κ3) is 5.20. The Morgan fingerprint density at radius 3 is 2.59 bits per heavy atom. The summed E-state index contributed by atoms with van der Waals surface area (Å²) in [6.07, 6.45) is 1.65. The molecule has 0 spiro atoms. The fourth-order valence-electron chi connectivity index (χ4n) is 3.46. The Bertz CT molecular complexity index is 1120. The number of hydrogen-bond donors (Lipinski definition) is 0. The van der Waals surface area contributed by atoms with Crippen molar-refractivity contribution in [2.24, 2.45) is 0 Å². The Balaban J connectivity index is 1.30. The van der Waals surface area contributed by atoms with Gasteiger partial charge in [-0.25, -0.2) is 13.5 Å². The van der Waals surface area contributed by atoms with Gasteiger partial charge in [0.15, 0.2) is 24.1 Å². The van der Waals surface area contributed by atoms with E-state index in [4.69, 9.17) is 27.9 Å². The summed E-state index contributed by atoms with van der Waals surface area (Å²) in [5.74, 6) is -1.40. The Hall–Kier alpha value is -2.68. The van der Waals surface area contributed by atoms with Gasteiger partial charge in [-0.1, -0.05) is 35.3 Å². The summed E-state index contributed by atoms with van der Waals surface area (Å²) in [5.41, 5.74) is 0.615. The number of hydrogen-bond acceptors (Lipinski definition) is 4. The molecular formula is C22H20Cl2F2N4O2. The van der Waals surface area contributed by atoms with Gasteiger partial charge >= 0.3 is 0 Å². The molecule has 1 aliphatic rings. The van der Waals surface area contributed by atoms with E-state index < -0.39 is 11.6 Å². The van der Waals surface area contributed by atoms with Gasteiger partial charge in [0.2, 0.25) is 0 Å². The summed E-state index contributed by atoms with van der Waals surface area (Å²) < 4.78 is 34.4. The van der Waals surface area contributed by atoms with E-state index in [-0.39, 0.29) is 12.6 Å². The van der Waals surface area contributed by atoms with Crippen molar-refractivity contribution < 1.29 is 18.3 Å². The van der Waals surface area contributed by atoms with Gasteiger partial charge in [0.1, 0.15) is 5.75 Å². The Kier molecular flexibility index (Phi) is 6.93. The molecular weight excluding hydrogens is 461 g/mol. The fraction of sp³-hybridized carbons (Fsp3) is 0.273. The van der Waals surface area contributed by atoms with Crippen LogP contribution < -0.4 is 4.74 Å². The highest BCUT2D eigenvalue weighted by molar-refractivity contribution is 6.35. The molecule has 2 aromatic carbocycles. The van der Waals surface area contributed by atoms with Crippen LogP contribution in [0.5, 0.6) is 5.75 Å². The first-order valence-electron chi connectivity index (χ1n) is 9.96. The third-order valence-corrected chi connectivity index (χ3v) is 5.72. The molecule has 3 aromatic rings. The average molecular weight is 481 g/mol. The van der Waals surface area contributed by atoms with E-state index in [1.165, 1.54) is 10.7 Å². The summed E-state index contributed by atoms with van der Waals surface area (Å²) in [7, 11) is 0. The number of halogens is 4. The first kappa shape index (κ1) is 22.5. The molecule has 32 heavy (non-hydrogen) atoms. The van der Waals surface area contributed by atoms with Crippen LogP contribution in [0.25, 0.3) is 0 Å². The van der Waals surface area contributed by atoms with Crippen LogP contribution in [0.3, 0.4) is 0 Å². The van der Waals surface area contributed by atoms with Crippen LogP contribution in [0.15, 0.2) is 48.7 Å². The maximum Gasteiger partial charge on any atom is 0.274 e. The molecule has 0 radical (unpaired) electrons. The minimum Gasteiger partial charge on any atom is -0.470 e. The molecule has 0 atom stereocenters. The van der Waals surface area contributed by atoms with E-state index in [2.05, 4.69) is 5.10 Å². The zero-order chi connectivity index (χ0) is 22.7. The van der Waals surface area contributed by atoms with Crippen LogP contribution in [0, 0.1) is 11.6 Å². The summed E-state index contributed by atoms with van der Waals surface area (Å²) in [4.78, 5) is 16.5. The molecule has 1 amide bonds. The second-order valence-corrected chi connectivity index (χ2v) is 8.21. The lowest BCUT2D eigenvalue weighted by Gasteiger charge is -2.34. The van der Waals surface area contributed by atoms with Crippen molar-refractivity contribution in [1.82, 2.24) is 19.6 Å². The number of carbonyl (C=O) groups is 1. The number of rotatable bonds is 6. The van der Waals surface area contributed by atoms with E-state index in [1.54, 1.807) is 41.4 Å². The van der Waals surface area contributed by atoms with Crippen molar-refractivity contribution in [2.75, 3.05) is 26.2 Å². The highest BCUT2D eigenvalue weighted by atomic mass is 35.5. The molecule has 0 aliphatic carbocycles. The monoisotopic (exact) mass is 480 g/mol. The van der Waals surface area contributed by atoms with Crippen LogP contribution in [0.4, 0.5) is 8.78 Å². The molecule has 1 aliphatic heterocycles. The van der Waals surface area contributed by atoms with Crippen molar-refractivity contribution >= 4 is 29.1 Å². The van der Waals surface area contributed by atoms with E-state index >= 15 is 0 Å². The van der Waals surface area contributed by atoms with Crippen molar-refractivity contribution in [1.29, 1.82) is 0 Å². The van der Waals surface area contributed by atoms with E-state index in [0.29, 0.717) is 59.8 Å². The molecule has 0 N–H and O–H groups in total. The number of piperazine rings is 1. The van der Waals surface area contributed by atoms with Gasteiger partial charge < -0.3 is 9.64 Å². The molecule has 4 rings (SSSR count). The molecule has 0 saturated carbocycles. The standard InChI is InChI=1S/C22H20Cl2F2N4O2/c23-16-4-5-20(17(24)12-16)32-14-30-7-6-19(27-30)22(31)29-10-8-28(9-11-29)13-15-2-1-3-18(25)21(15)26/h1-7,12H,8-11,13-14H2. The quantitative estimate of drug-likeness (QED) is 0.522. The van der Waals surface area contributed by atoms with Crippen molar-refractivity contribution in [3.8, 4) is 5.75 Å². The zero-order valence-electron chi connectivity index (χ0n) is 17.0. The highest BCUT2D eigenvalue weighted by Gasteiger charge is 2.24. The molecule has 6 nitrogen and oxygen atoms in total. The van der Waals surface area contributed by atoms with Gasteiger partial charge in [-0.05, 0) is 30.3 Å². The molecule has 168 valence electrons. The second-order valence-electron chi connectivity index (χ2n) is 7.37. The van der Waals surface area contributed by atoms with E-state index in [9.17, 15) is 13.6 Å². The Labute approximate surface area is 193 Å². The van der Waals surface area contributed by atoms with Gasteiger partial charge in [0, 0.05) is 49.5 Å². The SMILES string of the molecule is O=C(c1ccn(COc2ccc(Cl)cc2Cl)n1)N1CCN(Cc2cccc(F)c2F)CC1. The lowest BCUT2D eigenvalue weighted by Crippen LogP contribution is -2.48. The van der Waals surface area contributed by atoms with Crippen LogP contribution in [0.1, 0.15) is 16.1 Å². The number of ether oxygens (including phenoxy) is 1. The maximum absolute atomic E-state index is 13.9. The number of aromatic nitrogens is 2. The lowest BCUT2D eigenvalue weighted by molar-refractivity contribution is 0.0619. The number of amides is 1. The second kappa shape index (κ2) is 9.85. The number of benzene rings is 2. The third-order valence-electron chi connectivity index (χ3n) is 5.19. The minimum absolute atomic E-state index is 0.0849. The van der Waals surface area contributed by atoms with Crippen LogP contribution >= 0.6 is 23.2 Å². The molecule has 1 aromatic heterocycles. The molecule has 2 heterocycles. The summed E-state index contributed by atoms with van der Waals surface area (Å²) >= 11 is 12.0. The van der Waals surface area contributed by atoms with Crippen LogP contribution in [-0.2, 0) is 13.3 Å². The molecule has 1 saturated heterocycles. The van der Waals surface area contributed by atoms with Crippen molar-refractivity contribution in [3.05, 3.63) is 81.6 Å². The van der Waals surface area contributed by atoms with Gasteiger partial charge in [-0.2, -0.15) is 5.10 Å². The van der Waals surface area contributed by atoms with E-state index in [0.717, 1.165) is 6.07 Å². The predicted molar refractivity (Wildman–Crippen MR) is 117 cm³/mol. The van der Waals surface area contributed by atoms with Gasteiger partial charge in [0.25, 0.3) is 5.91 Å². The normalized spacial score (nSPS) is 14.6. The van der Waals surface area contributed by atoms with Crippen LogP contribution in [-0.4, -0.2) is 51.7 Å². The summed E-state index contributed by atoms with van der Waals surface area (Å²) in [6, 6.07) is 10.7. The Morgan fingerprint density at radius 2 is 1.84 bits per heavy atom. The minimum atomic E-state index is -0.853. The summed E-state index contributed by atoms with van der Waals surface area (Å²) in [6.45, 7) is 2.44. The highest BCUT2D eigenvalue weighted by Crippen LogP contribution is 2.27. The van der Waals surface area contributed by atoms with Crippen molar-refractivity contribution in [3.63, 3.8) is 0 Å². The molecule has 10 heteroatoms. The lowest BCUT2D eigenvalue weighted by atomic mass is 10.1. The summed E-state index contributed by atoms with van der Waals surface area (Å²) in [5, 5.41) is 5.18. The van der Waals surface area contributed by atoms with Crippen molar-refractivity contribution in [2.45, 2.75) is 13.3 Å². The van der Waals surface area contributed by atoms with E-state index in [1.807, 2.05) is 4.90 Å². The largest absolute Gasteiger partial charge is 0.470 e. The smallest absolute Gasteiger partial charge is 0.274 e. The number of nitrogens with zero attached hydrogens (tertiary/aromatic N) is 4. The molecule has 1 fully saturated rings. The zero-order valence-corrected chi connectivity index (χ0v) is 18.5. The topological polar surface area (TPSA) is 50.6 Å². The first-order chi connectivity index (χ1) is 15.4. The maximum atomic E-state index is 13.9. The van der Waals surface area contributed by atoms with Gasteiger partial charge in [-0.15, -0.1) is 0 Å². The number of carbonyl (C=O) groups excluding carboxylic acids is 1. The first-order valence-corrected chi connectivity index (χ1v) is 10.7. The van der Waals surface area contributed by atoms with Gasteiger partial charge in [-0.3, -0.25) is 9.69 Å². The fourth-order valence-corrected chi connectivity index (χ4v) is 3.92. The Morgan fingerprint density at radius 1 is 1.06 bits per heavy atom. The predicted octanol–water partition coefficient (Wildman–Crippen LogP) is 4.46.